The third kappa shape index (κ3) is 2.35. The molecule has 0 aromatic heterocycles. The highest BCUT2D eigenvalue weighted by atomic mass is 16.2. The number of hydrogen-bond acceptors (Lipinski definition) is 2. The Bertz CT molecular complexity index is 385. The van der Waals surface area contributed by atoms with Gasteiger partial charge in [-0.25, -0.2) is 0 Å². The average molecular weight is 218 g/mol. The second kappa shape index (κ2) is 4.56. The van der Waals surface area contributed by atoms with Gasteiger partial charge < -0.3 is 10.6 Å². The van der Waals surface area contributed by atoms with E-state index in [1.54, 1.807) is 0 Å². The number of likely N-dealkylation sites (N-methyl/N-ethyl adjacent to an activating group) is 1. The fraction of sp³-hybridized carbons (Fsp3) is 0.462. The molecule has 0 bridgehead atoms. The summed E-state index contributed by atoms with van der Waals surface area (Å²) in [5.41, 5.74) is 7.40. The lowest BCUT2D eigenvalue weighted by atomic mass is 9.91. The predicted octanol–water partition coefficient (Wildman–Crippen LogP) is 1.82. The first-order valence-electron chi connectivity index (χ1n) is 5.77. The van der Waals surface area contributed by atoms with E-state index >= 15 is 0 Å². The number of carbonyl (C=O) groups is 1. The first-order chi connectivity index (χ1) is 7.66. The summed E-state index contributed by atoms with van der Waals surface area (Å²) in [6.07, 6.45) is 4.01. The van der Waals surface area contributed by atoms with E-state index in [9.17, 15) is 4.79 Å². The molecule has 0 unspecified atom stereocenters. The van der Waals surface area contributed by atoms with Crippen molar-refractivity contribution in [3.8, 4) is 0 Å². The van der Waals surface area contributed by atoms with Crippen molar-refractivity contribution in [3.63, 3.8) is 0 Å². The Balaban J connectivity index is 1.96. The van der Waals surface area contributed by atoms with Crippen LogP contribution in [0.2, 0.25) is 0 Å². The molecule has 2 rings (SSSR count). The first-order valence-corrected chi connectivity index (χ1v) is 5.77. The van der Waals surface area contributed by atoms with Crippen molar-refractivity contribution in [2.75, 3.05) is 12.8 Å². The normalized spacial score (nSPS) is 15.6. The van der Waals surface area contributed by atoms with E-state index in [1.807, 2.05) is 36.2 Å². The Hall–Kier alpha value is -1.51. The van der Waals surface area contributed by atoms with Crippen LogP contribution in [0.1, 0.15) is 24.8 Å². The minimum atomic E-state index is 0.190. The Morgan fingerprint density at radius 2 is 2.25 bits per heavy atom. The number of amides is 1. The van der Waals surface area contributed by atoms with Crippen LogP contribution >= 0.6 is 0 Å². The predicted molar refractivity (Wildman–Crippen MR) is 65.0 cm³/mol. The molecule has 86 valence electrons. The van der Waals surface area contributed by atoms with Crippen LogP contribution in [-0.4, -0.2) is 23.9 Å². The maximum Gasteiger partial charge on any atom is 0.226 e. The van der Waals surface area contributed by atoms with Crippen molar-refractivity contribution < 1.29 is 4.79 Å². The molecule has 16 heavy (non-hydrogen) atoms. The molecular formula is C13H18N2O. The Morgan fingerprint density at radius 3 is 2.81 bits per heavy atom. The van der Waals surface area contributed by atoms with Gasteiger partial charge >= 0.3 is 0 Å². The molecule has 1 fully saturated rings. The second-order valence-electron chi connectivity index (χ2n) is 4.51. The number of nitrogen functional groups attached to an aromatic ring is 1. The Labute approximate surface area is 96.2 Å². The smallest absolute Gasteiger partial charge is 0.226 e. The first kappa shape index (κ1) is 11.0. The van der Waals surface area contributed by atoms with Crippen molar-refractivity contribution >= 4 is 11.6 Å². The third-order valence-corrected chi connectivity index (χ3v) is 3.32. The fourth-order valence-corrected chi connectivity index (χ4v) is 1.98. The van der Waals surface area contributed by atoms with Crippen molar-refractivity contribution in [2.24, 2.45) is 0 Å². The summed E-state index contributed by atoms with van der Waals surface area (Å²) in [5, 5.41) is 0. The fourth-order valence-electron chi connectivity index (χ4n) is 1.98. The SMILES string of the molecule is CN(C(=O)Cc1cccc(N)c1)C1CCC1. The van der Waals surface area contributed by atoms with E-state index in [-0.39, 0.29) is 5.91 Å². The maximum absolute atomic E-state index is 11.9. The van der Waals surface area contributed by atoms with Crippen LogP contribution < -0.4 is 5.73 Å². The zero-order chi connectivity index (χ0) is 11.5. The molecule has 3 heteroatoms. The number of anilines is 1. The van der Waals surface area contributed by atoms with Gasteiger partial charge in [-0.15, -0.1) is 0 Å². The number of nitrogens with two attached hydrogens (primary N) is 1. The summed E-state index contributed by atoms with van der Waals surface area (Å²) < 4.78 is 0. The van der Waals surface area contributed by atoms with Gasteiger partial charge in [0.1, 0.15) is 0 Å². The molecular weight excluding hydrogens is 200 g/mol. The number of benzene rings is 1. The van der Waals surface area contributed by atoms with Gasteiger partial charge in [0, 0.05) is 18.8 Å². The van der Waals surface area contributed by atoms with Gasteiger partial charge in [-0.1, -0.05) is 12.1 Å². The molecule has 2 N–H and O–H groups in total. The maximum atomic E-state index is 11.9. The quantitative estimate of drug-likeness (QED) is 0.787. The lowest BCUT2D eigenvalue weighted by Gasteiger charge is -2.34. The van der Waals surface area contributed by atoms with Gasteiger partial charge in [-0.3, -0.25) is 4.79 Å². The summed E-state index contributed by atoms with van der Waals surface area (Å²) in [4.78, 5) is 13.8. The van der Waals surface area contributed by atoms with Crippen LogP contribution in [0.25, 0.3) is 0 Å². The highest BCUT2D eigenvalue weighted by Gasteiger charge is 2.25. The summed E-state index contributed by atoms with van der Waals surface area (Å²) >= 11 is 0. The molecule has 1 aromatic rings. The van der Waals surface area contributed by atoms with Gasteiger partial charge in [-0.05, 0) is 37.0 Å². The topological polar surface area (TPSA) is 46.3 Å². The zero-order valence-corrected chi connectivity index (χ0v) is 9.65. The Morgan fingerprint density at radius 1 is 1.50 bits per heavy atom. The summed E-state index contributed by atoms with van der Waals surface area (Å²) in [5.74, 6) is 0.190. The van der Waals surface area contributed by atoms with Gasteiger partial charge in [0.05, 0.1) is 6.42 Å². The van der Waals surface area contributed by atoms with E-state index in [2.05, 4.69) is 0 Å². The average Bonchev–Trinajstić information content (AvgIpc) is 2.14. The van der Waals surface area contributed by atoms with Gasteiger partial charge in [0.2, 0.25) is 5.91 Å². The lowest BCUT2D eigenvalue weighted by Crippen LogP contribution is -2.42. The molecule has 1 aliphatic rings. The van der Waals surface area contributed by atoms with Crippen LogP contribution in [0.4, 0.5) is 5.69 Å². The minimum Gasteiger partial charge on any atom is -0.399 e. The van der Waals surface area contributed by atoms with E-state index in [1.165, 1.54) is 6.42 Å². The molecule has 0 heterocycles. The highest BCUT2D eigenvalue weighted by molar-refractivity contribution is 5.79. The summed E-state index contributed by atoms with van der Waals surface area (Å²) in [6, 6.07) is 8.01. The van der Waals surface area contributed by atoms with Crippen molar-refractivity contribution in [1.82, 2.24) is 4.90 Å². The largest absolute Gasteiger partial charge is 0.399 e. The van der Waals surface area contributed by atoms with E-state index in [4.69, 9.17) is 5.73 Å². The molecule has 0 radical (unpaired) electrons. The molecule has 1 aliphatic carbocycles. The monoisotopic (exact) mass is 218 g/mol. The molecule has 0 saturated heterocycles. The number of hydrogen-bond donors (Lipinski definition) is 1. The molecule has 1 amide bonds. The van der Waals surface area contributed by atoms with Crippen LogP contribution in [-0.2, 0) is 11.2 Å². The van der Waals surface area contributed by atoms with Crippen LogP contribution in [0.5, 0.6) is 0 Å². The molecule has 0 spiro atoms. The van der Waals surface area contributed by atoms with E-state index in [0.717, 1.165) is 24.1 Å². The zero-order valence-electron chi connectivity index (χ0n) is 9.65. The van der Waals surface area contributed by atoms with Gasteiger partial charge in [0.25, 0.3) is 0 Å². The minimum absolute atomic E-state index is 0.190. The molecule has 0 atom stereocenters. The van der Waals surface area contributed by atoms with E-state index < -0.39 is 0 Å². The number of nitrogens with zero attached hydrogens (tertiary/aromatic N) is 1. The summed E-state index contributed by atoms with van der Waals surface area (Å²) in [6.45, 7) is 0. The van der Waals surface area contributed by atoms with Crippen LogP contribution in [0.15, 0.2) is 24.3 Å². The van der Waals surface area contributed by atoms with Crippen molar-refractivity contribution in [1.29, 1.82) is 0 Å². The molecule has 1 saturated carbocycles. The third-order valence-electron chi connectivity index (χ3n) is 3.32. The van der Waals surface area contributed by atoms with E-state index in [0.29, 0.717) is 12.5 Å². The standard InChI is InChI=1S/C13H18N2O/c1-15(12-6-3-7-12)13(16)9-10-4-2-5-11(14)8-10/h2,4-5,8,12H,3,6-7,9,14H2,1H3. The second-order valence-corrected chi connectivity index (χ2v) is 4.51. The van der Waals surface area contributed by atoms with Gasteiger partial charge in [0.15, 0.2) is 0 Å². The molecule has 3 nitrogen and oxygen atoms in total. The van der Waals surface area contributed by atoms with Gasteiger partial charge in [-0.2, -0.15) is 0 Å². The van der Waals surface area contributed by atoms with Crippen LogP contribution in [0.3, 0.4) is 0 Å². The highest BCUT2D eigenvalue weighted by Crippen LogP contribution is 2.24. The summed E-state index contributed by atoms with van der Waals surface area (Å²) in [7, 11) is 1.90. The molecule has 0 aliphatic heterocycles. The lowest BCUT2D eigenvalue weighted by molar-refractivity contribution is -0.132. The molecule has 1 aromatic carbocycles. The number of rotatable bonds is 3. The number of carbonyl (C=O) groups excluding carboxylic acids is 1. The van der Waals surface area contributed by atoms with Crippen molar-refractivity contribution in [2.45, 2.75) is 31.7 Å². The Kier molecular flexibility index (Phi) is 3.13. The van der Waals surface area contributed by atoms with Crippen LogP contribution in [0, 0.1) is 0 Å². The van der Waals surface area contributed by atoms with Crippen molar-refractivity contribution in [3.05, 3.63) is 29.8 Å².